The van der Waals surface area contributed by atoms with Gasteiger partial charge in [0.2, 0.25) is 0 Å². The zero-order chi connectivity index (χ0) is 10.6. The van der Waals surface area contributed by atoms with Gasteiger partial charge in [-0.2, -0.15) is 0 Å². The molecule has 0 amide bonds. The van der Waals surface area contributed by atoms with E-state index in [4.69, 9.17) is 15.9 Å². The first kappa shape index (κ1) is 10.5. The molecule has 1 aromatic rings. The second kappa shape index (κ2) is 4.60. The summed E-state index contributed by atoms with van der Waals surface area (Å²) < 4.78 is 5.52. The van der Waals surface area contributed by atoms with Gasteiger partial charge in [-0.3, -0.25) is 5.41 Å². The van der Waals surface area contributed by atoms with Gasteiger partial charge in [0.05, 0.1) is 12.3 Å². The first-order valence-corrected chi connectivity index (χ1v) is 4.60. The van der Waals surface area contributed by atoms with Crippen LogP contribution in [0.5, 0.6) is 5.75 Å². The van der Waals surface area contributed by atoms with Gasteiger partial charge >= 0.3 is 0 Å². The van der Waals surface area contributed by atoms with E-state index in [9.17, 15) is 0 Å². The summed E-state index contributed by atoms with van der Waals surface area (Å²) in [6.07, 6.45) is 2.72. The van der Waals surface area contributed by atoms with Crippen LogP contribution in [0.3, 0.4) is 0 Å². The fraction of sp³-hybridized carbons (Fsp3) is 0.400. The lowest BCUT2D eigenvalue weighted by Gasteiger charge is -2.11. The lowest BCUT2D eigenvalue weighted by atomic mass is 10.3. The van der Waals surface area contributed by atoms with Crippen LogP contribution in [0.25, 0.3) is 0 Å². The third kappa shape index (κ3) is 2.73. The molecule has 1 unspecified atom stereocenters. The van der Waals surface area contributed by atoms with Gasteiger partial charge in [-0.05, 0) is 25.5 Å². The molecule has 0 fully saturated rings. The number of nitrogen functional groups attached to an aromatic ring is 1. The highest BCUT2D eigenvalue weighted by Crippen LogP contribution is 2.11. The van der Waals surface area contributed by atoms with Crippen molar-refractivity contribution in [1.29, 1.82) is 5.41 Å². The first-order valence-electron chi connectivity index (χ1n) is 4.60. The molecule has 0 saturated carbocycles. The minimum Gasteiger partial charge on any atom is -0.489 e. The van der Waals surface area contributed by atoms with Gasteiger partial charge < -0.3 is 10.5 Å². The molecular weight excluding hydrogens is 178 g/mol. The summed E-state index contributed by atoms with van der Waals surface area (Å²) in [4.78, 5) is 3.99. The minimum absolute atomic E-state index is 0.0277. The number of nitrogens with zero attached hydrogens (tertiary/aromatic N) is 1. The maximum Gasteiger partial charge on any atom is 0.141 e. The molecule has 0 saturated heterocycles. The van der Waals surface area contributed by atoms with E-state index in [0.717, 1.165) is 6.42 Å². The Kier molecular flexibility index (Phi) is 3.45. The lowest BCUT2D eigenvalue weighted by molar-refractivity contribution is 0.216. The molecule has 14 heavy (non-hydrogen) atoms. The fourth-order valence-corrected chi connectivity index (χ4v) is 0.925. The van der Waals surface area contributed by atoms with Crippen molar-refractivity contribution in [2.75, 3.05) is 0 Å². The Morgan fingerprint density at radius 2 is 2.36 bits per heavy atom. The van der Waals surface area contributed by atoms with E-state index >= 15 is 0 Å². The number of hydrogen-bond acceptors (Lipinski definition) is 3. The quantitative estimate of drug-likeness (QED) is 0.562. The molecule has 0 aromatic carbocycles. The van der Waals surface area contributed by atoms with Crippen molar-refractivity contribution >= 4 is 5.84 Å². The number of hydrogen-bond donors (Lipinski definition) is 2. The number of pyridine rings is 1. The summed E-state index contributed by atoms with van der Waals surface area (Å²) in [5.41, 5.74) is 5.74. The molecule has 4 heteroatoms. The van der Waals surface area contributed by atoms with Crippen molar-refractivity contribution in [1.82, 2.24) is 4.98 Å². The van der Waals surface area contributed by atoms with Crippen molar-refractivity contribution < 1.29 is 4.74 Å². The summed E-state index contributed by atoms with van der Waals surface area (Å²) >= 11 is 0. The van der Waals surface area contributed by atoms with Crippen molar-refractivity contribution in [2.24, 2.45) is 5.73 Å². The Labute approximate surface area is 83.6 Å². The number of ether oxygens (including phenoxy) is 1. The van der Waals surface area contributed by atoms with Crippen LogP contribution in [0.1, 0.15) is 26.0 Å². The van der Waals surface area contributed by atoms with E-state index in [1.165, 1.54) is 0 Å². The Bertz CT molecular complexity index is 308. The molecule has 0 radical (unpaired) electrons. The number of nitrogens with one attached hydrogen (secondary N) is 1. The average Bonchev–Trinajstić information content (AvgIpc) is 2.18. The van der Waals surface area contributed by atoms with Gasteiger partial charge in [0.15, 0.2) is 0 Å². The van der Waals surface area contributed by atoms with Gasteiger partial charge in [0, 0.05) is 0 Å². The van der Waals surface area contributed by atoms with E-state index in [-0.39, 0.29) is 11.9 Å². The predicted octanol–water partition coefficient (Wildman–Crippen LogP) is 1.54. The topological polar surface area (TPSA) is 72.0 Å². The third-order valence-electron chi connectivity index (χ3n) is 1.92. The van der Waals surface area contributed by atoms with Crippen molar-refractivity contribution in [3.8, 4) is 5.75 Å². The molecule has 1 aromatic heterocycles. The fourth-order valence-electron chi connectivity index (χ4n) is 0.925. The smallest absolute Gasteiger partial charge is 0.141 e. The van der Waals surface area contributed by atoms with Crippen LogP contribution in [0.4, 0.5) is 0 Å². The van der Waals surface area contributed by atoms with Crippen LogP contribution < -0.4 is 10.5 Å². The molecule has 0 aliphatic heterocycles. The Morgan fingerprint density at radius 1 is 1.64 bits per heavy atom. The normalized spacial score (nSPS) is 12.1. The zero-order valence-electron chi connectivity index (χ0n) is 8.45. The molecule has 0 bridgehead atoms. The third-order valence-corrected chi connectivity index (χ3v) is 1.92. The number of aromatic nitrogens is 1. The summed E-state index contributed by atoms with van der Waals surface area (Å²) in [6.45, 7) is 4.06. The number of amidine groups is 1. The monoisotopic (exact) mass is 193 g/mol. The van der Waals surface area contributed by atoms with Gasteiger partial charge in [0.25, 0.3) is 0 Å². The predicted molar refractivity (Wildman–Crippen MR) is 55.6 cm³/mol. The van der Waals surface area contributed by atoms with Gasteiger partial charge in [-0.15, -0.1) is 0 Å². The summed E-state index contributed by atoms with van der Waals surface area (Å²) in [5, 5.41) is 7.16. The van der Waals surface area contributed by atoms with E-state index in [0.29, 0.717) is 11.4 Å². The molecule has 0 aliphatic rings. The van der Waals surface area contributed by atoms with Crippen molar-refractivity contribution in [2.45, 2.75) is 26.4 Å². The first-order chi connectivity index (χ1) is 6.63. The van der Waals surface area contributed by atoms with E-state index < -0.39 is 0 Å². The Balaban J connectivity index is 2.68. The number of rotatable bonds is 4. The SMILES string of the molecule is CCC(C)Oc1ccc(C(=N)N)nc1. The van der Waals surface area contributed by atoms with Crippen molar-refractivity contribution in [3.05, 3.63) is 24.0 Å². The maximum atomic E-state index is 7.16. The van der Waals surface area contributed by atoms with Crippen LogP contribution in [-0.2, 0) is 0 Å². The lowest BCUT2D eigenvalue weighted by Crippen LogP contribution is -2.14. The molecule has 0 aliphatic carbocycles. The van der Waals surface area contributed by atoms with Crippen molar-refractivity contribution in [3.63, 3.8) is 0 Å². The zero-order valence-corrected chi connectivity index (χ0v) is 8.45. The van der Waals surface area contributed by atoms with Crippen LogP contribution in [0, 0.1) is 5.41 Å². The van der Waals surface area contributed by atoms with Gasteiger partial charge in [0.1, 0.15) is 17.3 Å². The van der Waals surface area contributed by atoms with Gasteiger partial charge in [-0.25, -0.2) is 4.98 Å². The highest BCUT2D eigenvalue weighted by atomic mass is 16.5. The highest BCUT2D eigenvalue weighted by molar-refractivity contribution is 5.92. The number of nitrogens with two attached hydrogens (primary N) is 1. The molecule has 1 atom stereocenters. The van der Waals surface area contributed by atoms with Crippen LogP contribution in [0.2, 0.25) is 0 Å². The van der Waals surface area contributed by atoms with E-state index in [1.807, 2.05) is 6.92 Å². The van der Waals surface area contributed by atoms with E-state index in [1.54, 1.807) is 18.3 Å². The molecular formula is C10H15N3O. The molecule has 0 spiro atoms. The standard InChI is InChI=1S/C10H15N3O/c1-3-7(2)14-8-4-5-9(10(11)12)13-6-8/h4-7H,3H2,1-2H3,(H3,11,12). The van der Waals surface area contributed by atoms with Crippen LogP contribution in [-0.4, -0.2) is 16.9 Å². The van der Waals surface area contributed by atoms with Crippen LogP contribution >= 0.6 is 0 Å². The average molecular weight is 193 g/mol. The van der Waals surface area contributed by atoms with Gasteiger partial charge in [-0.1, -0.05) is 6.92 Å². The second-order valence-electron chi connectivity index (χ2n) is 3.13. The summed E-state index contributed by atoms with van der Waals surface area (Å²) in [7, 11) is 0. The molecule has 4 nitrogen and oxygen atoms in total. The Hall–Kier alpha value is -1.58. The molecule has 76 valence electrons. The summed E-state index contributed by atoms with van der Waals surface area (Å²) in [5.74, 6) is 0.685. The summed E-state index contributed by atoms with van der Waals surface area (Å²) in [6, 6.07) is 3.45. The Morgan fingerprint density at radius 3 is 2.79 bits per heavy atom. The highest BCUT2D eigenvalue weighted by Gasteiger charge is 2.02. The molecule has 1 rings (SSSR count). The molecule has 3 N–H and O–H groups in total. The molecule has 1 heterocycles. The largest absolute Gasteiger partial charge is 0.489 e. The minimum atomic E-state index is -0.0277. The van der Waals surface area contributed by atoms with E-state index in [2.05, 4.69) is 11.9 Å². The maximum absolute atomic E-state index is 7.16. The van der Waals surface area contributed by atoms with Crippen LogP contribution in [0.15, 0.2) is 18.3 Å². The second-order valence-corrected chi connectivity index (χ2v) is 3.13.